The number of rotatable bonds is 3. The lowest BCUT2D eigenvalue weighted by Crippen LogP contribution is -2.17. The van der Waals surface area contributed by atoms with Crippen molar-refractivity contribution in [3.05, 3.63) is 0 Å². The molecule has 4 heteroatoms. The van der Waals surface area contributed by atoms with Crippen molar-refractivity contribution in [2.24, 2.45) is 0 Å². The highest BCUT2D eigenvalue weighted by Crippen LogP contribution is 1.86. The van der Waals surface area contributed by atoms with Gasteiger partial charge in [-0.25, -0.2) is 4.79 Å². The van der Waals surface area contributed by atoms with Gasteiger partial charge in [-0.2, -0.15) is 0 Å². The Kier molecular flexibility index (Phi) is 4.30. The Labute approximate surface area is 62.0 Å². The van der Waals surface area contributed by atoms with Crippen LogP contribution >= 0.6 is 15.9 Å². The third kappa shape index (κ3) is 3.24. The lowest BCUT2D eigenvalue weighted by molar-refractivity contribution is -0.135. The maximum Gasteiger partial charge on any atom is 0.352 e. The summed E-state index contributed by atoms with van der Waals surface area (Å²) >= 11 is 2.96. The Morgan fingerprint density at radius 1 is 1.78 bits per heavy atom. The Balaban J connectivity index is 3.60. The van der Waals surface area contributed by atoms with E-state index in [2.05, 4.69) is 20.7 Å². The predicted molar refractivity (Wildman–Crippen MR) is 38.2 cm³/mol. The molecular weight excluding hydrogens is 186 g/mol. The van der Waals surface area contributed by atoms with Crippen molar-refractivity contribution in [1.29, 1.82) is 5.41 Å². The molecule has 0 aromatic carbocycles. The van der Waals surface area contributed by atoms with Crippen LogP contribution in [-0.2, 0) is 9.53 Å². The normalized spacial score (nSPS) is 8.67. The van der Waals surface area contributed by atoms with E-state index in [-0.39, 0.29) is 11.0 Å². The van der Waals surface area contributed by atoms with Crippen LogP contribution in [0.2, 0.25) is 0 Å². The second-order valence-electron chi connectivity index (χ2n) is 1.33. The van der Waals surface area contributed by atoms with Crippen LogP contribution in [0.3, 0.4) is 0 Å². The van der Waals surface area contributed by atoms with E-state index in [0.717, 1.165) is 0 Å². The third-order valence-electron chi connectivity index (χ3n) is 0.655. The van der Waals surface area contributed by atoms with E-state index in [1.807, 2.05) is 0 Å². The van der Waals surface area contributed by atoms with Crippen molar-refractivity contribution in [2.75, 3.05) is 11.9 Å². The van der Waals surface area contributed by atoms with Crippen LogP contribution in [0.25, 0.3) is 0 Å². The first kappa shape index (κ1) is 8.62. The molecule has 0 rings (SSSR count). The average Bonchev–Trinajstić information content (AvgIpc) is 1.87. The summed E-state index contributed by atoms with van der Waals surface area (Å²) in [7, 11) is 0. The van der Waals surface area contributed by atoms with Crippen LogP contribution in [0.5, 0.6) is 0 Å². The molecular formula is C5H8BrNO2. The lowest BCUT2D eigenvalue weighted by atomic mass is 10.4. The molecule has 0 saturated heterocycles. The Morgan fingerprint density at radius 3 is 2.67 bits per heavy atom. The van der Waals surface area contributed by atoms with E-state index in [9.17, 15) is 4.79 Å². The number of hydrogen-bond donors (Lipinski definition) is 1. The molecule has 0 atom stereocenters. The molecule has 0 bridgehead atoms. The van der Waals surface area contributed by atoms with Crippen molar-refractivity contribution in [2.45, 2.75) is 6.92 Å². The first-order chi connectivity index (χ1) is 4.22. The van der Waals surface area contributed by atoms with Gasteiger partial charge in [0.1, 0.15) is 5.71 Å². The Hall–Kier alpha value is -0.380. The van der Waals surface area contributed by atoms with Gasteiger partial charge < -0.3 is 4.74 Å². The molecule has 9 heavy (non-hydrogen) atoms. The van der Waals surface area contributed by atoms with Gasteiger partial charge in [-0.1, -0.05) is 15.9 Å². The predicted octanol–water partition coefficient (Wildman–Crippen LogP) is 0.964. The molecule has 0 radical (unpaired) electrons. The second-order valence-corrected chi connectivity index (χ2v) is 1.89. The van der Waals surface area contributed by atoms with Crippen molar-refractivity contribution >= 4 is 27.6 Å². The SMILES string of the molecule is CCOC(=O)C(=N)CBr. The summed E-state index contributed by atoms with van der Waals surface area (Å²) in [5.41, 5.74) is -0.0446. The van der Waals surface area contributed by atoms with Crippen molar-refractivity contribution in [3.8, 4) is 0 Å². The van der Waals surface area contributed by atoms with E-state index in [4.69, 9.17) is 5.41 Å². The monoisotopic (exact) mass is 193 g/mol. The van der Waals surface area contributed by atoms with E-state index in [1.165, 1.54) is 0 Å². The van der Waals surface area contributed by atoms with Gasteiger partial charge in [0, 0.05) is 0 Å². The summed E-state index contributed by atoms with van der Waals surface area (Å²) in [6.07, 6.45) is 0. The fraction of sp³-hybridized carbons (Fsp3) is 0.600. The number of halogens is 1. The minimum absolute atomic E-state index is 0.0446. The van der Waals surface area contributed by atoms with Crippen LogP contribution in [0.15, 0.2) is 0 Å². The van der Waals surface area contributed by atoms with Gasteiger partial charge in [-0.05, 0) is 6.92 Å². The summed E-state index contributed by atoms with van der Waals surface area (Å²) in [5.74, 6) is -0.547. The zero-order chi connectivity index (χ0) is 7.28. The number of hydrogen-bond acceptors (Lipinski definition) is 3. The van der Waals surface area contributed by atoms with Gasteiger partial charge in [0.25, 0.3) is 0 Å². The Bertz CT molecular complexity index is 124. The molecule has 0 aliphatic rings. The largest absolute Gasteiger partial charge is 0.462 e. The molecule has 0 aromatic rings. The highest BCUT2D eigenvalue weighted by Gasteiger charge is 2.06. The van der Waals surface area contributed by atoms with Gasteiger partial charge in [0.2, 0.25) is 0 Å². The van der Waals surface area contributed by atoms with Gasteiger partial charge in [0.05, 0.1) is 11.9 Å². The molecule has 0 aliphatic carbocycles. The molecule has 0 aliphatic heterocycles. The molecule has 0 unspecified atom stereocenters. The maximum atomic E-state index is 10.5. The topological polar surface area (TPSA) is 50.2 Å². The van der Waals surface area contributed by atoms with Crippen molar-refractivity contribution in [1.82, 2.24) is 0 Å². The van der Waals surface area contributed by atoms with Crippen LogP contribution in [0, 0.1) is 5.41 Å². The van der Waals surface area contributed by atoms with Crippen LogP contribution in [0.1, 0.15) is 6.92 Å². The summed E-state index contributed by atoms with van der Waals surface area (Å²) < 4.78 is 4.50. The maximum absolute atomic E-state index is 10.5. The van der Waals surface area contributed by atoms with E-state index in [0.29, 0.717) is 6.61 Å². The highest BCUT2D eigenvalue weighted by molar-refractivity contribution is 9.09. The molecule has 0 heterocycles. The van der Waals surface area contributed by atoms with E-state index < -0.39 is 5.97 Å². The molecule has 0 spiro atoms. The lowest BCUT2D eigenvalue weighted by Gasteiger charge is -1.97. The fourth-order valence-corrected chi connectivity index (χ4v) is 0.502. The van der Waals surface area contributed by atoms with Crippen molar-refractivity contribution in [3.63, 3.8) is 0 Å². The van der Waals surface area contributed by atoms with Gasteiger partial charge in [0.15, 0.2) is 0 Å². The smallest absolute Gasteiger partial charge is 0.352 e. The molecule has 3 nitrogen and oxygen atoms in total. The van der Waals surface area contributed by atoms with Crippen LogP contribution < -0.4 is 0 Å². The number of alkyl halides is 1. The first-order valence-electron chi connectivity index (χ1n) is 2.52. The number of nitrogens with one attached hydrogen (secondary N) is 1. The number of esters is 1. The molecule has 1 N–H and O–H groups in total. The standard InChI is InChI=1S/C5H8BrNO2/c1-2-9-5(8)4(7)3-6/h7H,2-3H2,1H3. The van der Waals surface area contributed by atoms with Gasteiger partial charge >= 0.3 is 5.97 Å². The van der Waals surface area contributed by atoms with Gasteiger partial charge in [-0.15, -0.1) is 0 Å². The fourth-order valence-electron chi connectivity index (χ4n) is 0.273. The van der Waals surface area contributed by atoms with Crippen molar-refractivity contribution < 1.29 is 9.53 Å². The van der Waals surface area contributed by atoms with E-state index >= 15 is 0 Å². The number of carbonyl (C=O) groups excluding carboxylic acids is 1. The molecule has 0 aromatic heterocycles. The summed E-state index contributed by atoms with van der Waals surface area (Å²) in [6.45, 7) is 2.04. The minimum atomic E-state index is -0.547. The van der Waals surface area contributed by atoms with Gasteiger partial charge in [-0.3, -0.25) is 5.41 Å². The zero-order valence-corrected chi connectivity index (χ0v) is 6.69. The molecule has 52 valence electrons. The molecule has 0 saturated carbocycles. The average molecular weight is 194 g/mol. The number of carbonyl (C=O) groups is 1. The molecule has 0 fully saturated rings. The molecule has 0 amide bonds. The first-order valence-corrected chi connectivity index (χ1v) is 3.65. The second kappa shape index (κ2) is 4.49. The number of ether oxygens (including phenoxy) is 1. The van der Waals surface area contributed by atoms with Crippen LogP contribution in [0.4, 0.5) is 0 Å². The zero-order valence-electron chi connectivity index (χ0n) is 5.11. The summed E-state index contributed by atoms with van der Waals surface area (Å²) in [5, 5.41) is 7.18. The highest BCUT2D eigenvalue weighted by atomic mass is 79.9. The van der Waals surface area contributed by atoms with Crippen LogP contribution in [-0.4, -0.2) is 23.6 Å². The quantitative estimate of drug-likeness (QED) is 0.413. The summed E-state index contributed by atoms with van der Waals surface area (Å²) in [6, 6.07) is 0. The van der Waals surface area contributed by atoms with E-state index in [1.54, 1.807) is 6.92 Å². The third-order valence-corrected chi connectivity index (χ3v) is 1.22. The minimum Gasteiger partial charge on any atom is -0.462 e. The summed E-state index contributed by atoms with van der Waals surface area (Å²) in [4.78, 5) is 10.5. The Morgan fingerprint density at radius 2 is 2.33 bits per heavy atom.